The molecule has 5 rings (SSSR count). The van der Waals surface area contributed by atoms with E-state index in [1.807, 2.05) is 42.0 Å². The Morgan fingerprint density at radius 2 is 1.91 bits per heavy atom. The number of hydrogen-bond acceptors (Lipinski definition) is 6. The Hall–Kier alpha value is -3.78. The molecule has 1 saturated carbocycles. The second-order valence-electron chi connectivity index (χ2n) is 9.61. The van der Waals surface area contributed by atoms with Crippen molar-refractivity contribution in [2.45, 2.75) is 44.2 Å². The monoisotopic (exact) mass is 470 g/mol. The predicted molar refractivity (Wildman–Crippen MR) is 140 cm³/mol. The van der Waals surface area contributed by atoms with Crippen LogP contribution in [0.5, 0.6) is 0 Å². The SMILES string of the molecule is CN=CC(=CN)c1ccc(-c2ccc3ncc4c(c3c2)n(C2CCC(C)(O)CC2)c(=O)n4C)cn1. The lowest BCUT2D eigenvalue weighted by molar-refractivity contribution is 0.00999. The molecule has 1 aliphatic rings. The van der Waals surface area contributed by atoms with Crippen molar-refractivity contribution in [1.82, 2.24) is 19.1 Å². The van der Waals surface area contributed by atoms with E-state index in [2.05, 4.69) is 21.0 Å². The first-order chi connectivity index (χ1) is 16.8. The average molecular weight is 471 g/mol. The summed E-state index contributed by atoms with van der Waals surface area (Å²) < 4.78 is 3.59. The van der Waals surface area contributed by atoms with Crippen LogP contribution in [-0.2, 0) is 7.05 Å². The van der Waals surface area contributed by atoms with Crippen LogP contribution in [0.3, 0.4) is 0 Å². The first-order valence-electron chi connectivity index (χ1n) is 11.9. The van der Waals surface area contributed by atoms with Gasteiger partial charge in [0.15, 0.2) is 0 Å². The van der Waals surface area contributed by atoms with Crippen molar-refractivity contribution in [1.29, 1.82) is 0 Å². The lowest BCUT2D eigenvalue weighted by atomic mass is 9.83. The third-order valence-electron chi connectivity index (χ3n) is 7.15. The van der Waals surface area contributed by atoms with E-state index in [1.165, 1.54) is 6.20 Å². The average Bonchev–Trinajstić information content (AvgIpc) is 3.13. The minimum absolute atomic E-state index is 0.0448. The van der Waals surface area contributed by atoms with E-state index in [0.717, 1.165) is 57.2 Å². The van der Waals surface area contributed by atoms with Crippen LogP contribution < -0.4 is 11.4 Å². The van der Waals surface area contributed by atoms with E-state index < -0.39 is 5.60 Å². The first kappa shape index (κ1) is 23.0. The van der Waals surface area contributed by atoms with Crippen molar-refractivity contribution in [3.63, 3.8) is 0 Å². The molecule has 0 aliphatic heterocycles. The lowest BCUT2D eigenvalue weighted by Gasteiger charge is -2.33. The summed E-state index contributed by atoms with van der Waals surface area (Å²) in [4.78, 5) is 26.6. The number of nitrogens with two attached hydrogens (primary N) is 1. The molecule has 4 aromatic rings. The Morgan fingerprint density at radius 1 is 1.17 bits per heavy atom. The summed E-state index contributed by atoms with van der Waals surface area (Å²) in [7, 11) is 3.49. The molecule has 0 unspecified atom stereocenters. The van der Waals surface area contributed by atoms with Crippen molar-refractivity contribution in [2.75, 3.05) is 7.05 Å². The van der Waals surface area contributed by atoms with Gasteiger partial charge in [-0.2, -0.15) is 0 Å². The number of benzene rings is 1. The van der Waals surface area contributed by atoms with Gasteiger partial charge in [0.25, 0.3) is 0 Å². The maximum Gasteiger partial charge on any atom is 0.329 e. The highest BCUT2D eigenvalue weighted by molar-refractivity contribution is 6.09. The molecule has 8 nitrogen and oxygen atoms in total. The number of aliphatic hydroxyl groups is 1. The number of fused-ring (bicyclic) bond motifs is 3. The summed E-state index contributed by atoms with van der Waals surface area (Å²) in [5.41, 5.74) is 11.0. The second kappa shape index (κ2) is 8.78. The van der Waals surface area contributed by atoms with E-state index in [0.29, 0.717) is 12.8 Å². The Kier molecular flexibility index (Phi) is 5.76. The lowest BCUT2D eigenvalue weighted by Crippen LogP contribution is -2.34. The molecular weight excluding hydrogens is 440 g/mol. The third kappa shape index (κ3) is 4.04. The Labute approximate surface area is 203 Å². The zero-order valence-electron chi connectivity index (χ0n) is 20.3. The minimum Gasteiger partial charge on any atom is -0.404 e. The molecule has 1 aliphatic carbocycles. The van der Waals surface area contributed by atoms with E-state index >= 15 is 0 Å². The van der Waals surface area contributed by atoms with Gasteiger partial charge in [-0.25, -0.2) is 4.79 Å². The number of nitrogens with zero attached hydrogens (tertiary/aromatic N) is 5. The number of aliphatic imine (C=N–C) groups is 1. The van der Waals surface area contributed by atoms with Crippen LogP contribution >= 0.6 is 0 Å². The van der Waals surface area contributed by atoms with Gasteiger partial charge in [0.1, 0.15) is 0 Å². The van der Waals surface area contributed by atoms with Gasteiger partial charge in [0.05, 0.1) is 34.0 Å². The zero-order chi connectivity index (χ0) is 24.7. The quantitative estimate of drug-likeness (QED) is 0.441. The predicted octanol–water partition coefficient (Wildman–Crippen LogP) is 3.82. The molecule has 1 aromatic carbocycles. The molecule has 3 heterocycles. The van der Waals surface area contributed by atoms with Crippen molar-refractivity contribution < 1.29 is 5.11 Å². The number of aromatic nitrogens is 4. The summed E-state index contributed by atoms with van der Waals surface area (Å²) in [6, 6.07) is 10.1. The Bertz CT molecular complexity index is 1520. The van der Waals surface area contributed by atoms with E-state index in [4.69, 9.17) is 5.73 Å². The number of imidazole rings is 1. The van der Waals surface area contributed by atoms with Gasteiger partial charge in [0.2, 0.25) is 0 Å². The summed E-state index contributed by atoms with van der Waals surface area (Å²) in [6.07, 6.45) is 9.65. The molecule has 0 saturated heterocycles. The topological polar surface area (TPSA) is 111 Å². The van der Waals surface area contributed by atoms with Gasteiger partial charge >= 0.3 is 5.69 Å². The van der Waals surface area contributed by atoms with Crippen LogP contribution in [0.25, 0.3) is 38.6 Å². The number of allylic oxidation sites excluding steroid dienone is 1. The van der Waals surface area contributed by atoms with Gasteiger partial charge in [-0.3, -0.25) is 24.1 Å². The van der Waals surface area contributed by atoms with Crippen molar-refractivity contribution in [3.8, 4) is 11.1 Å². The molecule has 0 radical (unpaired) electrons. The van der Waals surface area contributed by atoms with Crippen LogP contribution in [0.4, 0.5) is 0 Å². The van der Waals surface area contributed by atoms with Crippen LogP contribution in [0.2, 0.25) is 0 Å². The summed E-state index contributed by atoms with van der Waals surface area (Å²) in [6.45, 7) is 1.88. The fraction of sp³-hybridized carbons (Fsp3) is 0.333. The Balaban J connectivity index is 1.64. The van der Waals surface area contributed by atoms with Gasteiger partial charge in [-0.15, -0.1) is 0 Å². The van der Waals surface area contributed by atoms with Gasteiger partial charge < -0.3 is 10.8 Å². The summed E-state index contributed by atoms with van der Waals surface area (Å²) in [5, 5.41) is 11.4. The molecule has 180 valence electrons. The maximum atomic E-state index is 13.3. The van der Waals surface area contributed by atoms with Crippen LogP contribution in [0.1, 0.15) is 44.3 Å². The van der Waals surface area contributed by atoms with Gasteiger partial charge in [-0.05, 0) is 56.4 Å². The Morgan fingerprint density at radius 3 is 2.57 bits per heavy atom. The largest absolute Gasteiger partial charge is 0.404 e. The molecule has 3 N–H and O–H groups in total. The first-order valence-corrected chi connectivity index (χ1v) is 11.9. The smallest absolute Gasteiger partial charge is 0.329 e. The van der Waals surface area contributed by atoms with Gasteiger partial charge in [0, 0.05) is 55.3 Å². The standard InChI is InChI=1S/C27H30N6O2/c1-27(35)10-8-20(9-11-27)33-25-21-12-17(4-7-23(21)31-16-24(25)32(3)26(33)34)18-5-6-22(30-15-18)19(13-28)14-29-2/h4-7,12-16,20,35H,8-11,28H2,1-3H3. The van der Waals surface area contributed by atoms with E-state index in [9.17, 15) is 9.90 Å². The number of hydrogen-bond donors (Lipinski definition) is 2. The number of aryl methyl sites for hydroxylation is 1. The van der Waals surface area contributed by atoms with Crippen LogP contribution in [0, 0.1) is 0 Å². The summed E-state index contributed by atoms with van der Waals surface area (Å²) >= 11 is 0. The fourth-order valence-corrected chi connectivity index (χ4v) is 5.10. The van der Waals surface area contributed by atoms with Crippen LogP contribution in [0.15, 0.2) is 58.7 Å². The normalized spacial score (nSPS) is 21.4. The van der Waals surface area contributed by atoms with Crippen molar-refractivity contribution in [2.24, 2.45) is 17.8 Å². The molecule has 0 spiro atoms. The molecule has 8 heteroatoms. The second-order valence-corrected chi connectivity index (χ2v) is 9.61. The molecular formula is C27H30N6O2. The summed E-state index contributed by atoms with van der Waals surface area (Å²) in [5.74, 6) is 0. The molecule has 35 heavy (non-hydrogen) atoms. The zero-order valence-corrected chi connectivity index (χ0v) is 20.3. The maximum absolute atomic E-state index is 13.3. The van der Waals surface area contributed by atoms with Gasteiger partial charge in [-0.1, -0.05) is 12.1 Å². The molecule has 0 atom stereocenters. The molecule has 1 fully saturated rings. The highest BCUT2D eigenvalue weighted by Crippen LogP contribution is 2.37. The van der Waals surface area contributed by atoms with E-state index in [-0.39, 0.29) is 11.7 Å². The number of rotatable bonds is 4. The molecule has 0 bridgehead atoms. The molecule has 0 amide bonds. The van der Waals surface area contributed by atoms with E-state index in [1.54, 1.807) is 31.1 Å². The third-order valence-corrected chi connectivity index (χ3v) is 7.15. The minimum atomic E-state index is -0.664. The van der Waals surface area contributed by atoms with Crippen LogP contribution in [-0.4, -0.2) is 43.1 Å². The van der Waals surface area contributed by atoms with Crippen molar-refractivity contribution >= 4 is 33.7 Å². The van der Waals surface area contributed by atoms with Crippen molar-refractivity contribution in [3.05, 3.63) is 65.1 Å². The number of pyridine rings is 2. The molecule has 3 aromatic heterocycles. The fourth-order valence-electron chi connectivity index (χ4n) is 5.10. The highest BCUT2D eigenvalue weighted by atomic mass is 16.3. The highest BCUT2D eigenvalue weighted by Gasteiger charge is 2.31.